The predicted molar refractivity (Wildman–Crippen MR) is 77.7 cm³/mol. The van der Waals surface area contributed by atoms with E-state index in [1.54, 1.807) is 0 Å². The second-order valence-electron chi connectivity index (χ2n) is 6.42. The summed E-state index contributed by atoms with van der Waals surface area (Å²) in [5, 5.41) is 9.71. The van der Waals surface area contributed by atoms with E-state index in [2.05, 4.69) is 25.4 Å². The van der Waals surface area contributed by atoms with Crippen molar-refractivity contribution in [1.29, 1.82) is 0 Å². The molecule has 2 rings (SSSR count). The van der Waals surface area contributed by atoms with E-state index in [0.717, 1.165) is 25.5 Å². The number of likely N-dealkylation sites (tertiary alicyclic amines) is 1. The molecule has 2 heterocycles. The Morgan fingerprint density at radius 1 is 1.30 bits per heavy atom. The number of nitrogens with one attached hydrogen (secondary N) is 2. The van der Waals surface area contributed by atoms with Gasteiger partial charge in [-0.05, 0) is 25.9 Å². The van der Waals surface area contributed by atoms with Crippen LogP contribution in [0.2, 0.25) is 0 Å². The van der Waals surface area contributed by atoms with Crippen molar-refractivity contribution < 1.29 is 4.79 Å². The maximum atomic E-state index is 12.0. The van der Waals surface area contributed by atoms with Crippen molar-refractivity contribution >= 4 is 5.91 Å². The zero-order valence-corrected chi connectivity index (χ0v) is 12.7. The van der Waals surface area contributed by atoms with Crippen LogP contribution < -0.4 is 5.32 Å². The van der Waals surface area contributed by atoms with Crippen molar-refractivity contribution in [2.75, 3.05) is 26.2 Å². The molecule has 112 valence electrons. The minimum absolute atomic E-state index is 0.126. The molecule has 20 heavy (non-hydrogen) atoms. The van der Waals surface area contributed by atoms with Gasteiger partial charge < -0.3 is 10.2 Å². The van der Waals surface area contributed by atoms with Gasteiger partial charge in [0.25, 0.3) is 5.91 Å². The number of aromatic amines is 1. The number of carbonyl (C=O) groups is 1. The number of carbonyl (C=O) groups excluding carboxylic acids is 1. The summed E-state index contributed by atoms with van der Waals surface area (Å²) in [5.74, 6) is 0.765. The molecule has 1 aliphatic rings. The van der Waals surface area contributed by atoms with Crippen LogP contribution in [-0.2, 0) is 5.41 Å². The van der Waals surface area contributed by atoms with Crippen LogP contribution in [0, 0.1) is 0 Å². The lowest BCUT2D eigenvalue weighted by atomic mass is 9.96. The third kappa shape index (κ3) is 4.03. The highest BCUT2D eigenvalue weighted by Gasteiger charge is 2.21. The second kappa shape index (κ2) is 6.35. The van der Waals surface area contributed by atoms with Crippen LogP contribution >= 0.6 is 0 Å². The van der Waals surface area contributed by atoms with E-state index in [1.807, 2.05) is 20.8 Å². The molecular weight excluding hydrogens is 254 g/mol. The van der Waals surface area contributed by atoms with E-state index in [4.69, 9.17) is 0 Å². The van der Waals surface area contributed by atoms with Gasteiger partial charge in [0.2, 0.25) is 5.82 Å². The van der Waals surface area contributed by atoms with E-state index >= 15 is 0 Å². The predicted octanol–water partition coefficient (Wildman–Crippen LogP) is 1.32. The van der Waals surface area contributed by atoms with E-state index < -0.39 is 0 Å². The molecule has 1 aliphatic heterocycles. The molecule has 0 unspecified atom stereocenters. The first-order valence-electron chi connectivity index (χ1n) is 7.40. The van der Waals surface area contributed by atoms with Gasteiger partial charge in [-0.25, -0.2) is 4.98 Å². The van der Waals surface area contributed by atoms with Gasteiger partial charge in [0.1, 0.15) is 5.82 Å². The Morgan fingerprint density at radius 3 is 2.60 bits per heavy atom. The van der Waals surface area contributed by atoms with Crippen molar-refractivity contribution in [1.82, 2.24) is 25.4 Å². The lowest BCUT2D eigenvalue weighted by Crippen LogP contribution is -2.37. The van der Waals surface area contributed by atoms with Crippen molar-refractivity contribution in [3.8, 4) is 0 Å². The Kier molecular flexibility index (Phi) is 4.75. The van der Waals surface area contributed by atoms with E-state index in [0.29, 0.717) is 6.54 Å². The van der Waals surface area contributed by atoms with Crippen molar-refractivity contribution in [3.63, 3.8) is 0 Å². The van der Waals surface area contributed by atoms with Gasteiger partial charge in [-0.15, -0.1) is 5.10 Å². The Bertz CT molecular complexity index is 443. The lowest BCUT2D eigenvalue weighted by molar-refractivity contribution is 0.0936. The second-order valence-corrected chi connectivity index (χ2v) is 6.42. The van der Waals surface area contributed by atoms with Gasteiger partial charge in [0.15, 0.2) is 0 Å². The maximum absolute atomic E-state index is 12.0. The van der Waals surface area contributed by atoms with Gasteiger partial charge >= 0.3 is 0 Å². The van der Waals surface area contributed by atoms with E-state index in [-0.39, 0.29) is 17.1 Å². The Hall–Kier alpha value is -1.43. The SMILES string of the molecule is CC(C)(C)c1nc(C(=O)NCCN2CCCCC2)n[nH]1. The zero-order valence-electron chi connectivity index (χ0n) is 12.7. The average Bonchev–Trinajstić information content (AvgIpc) is 2.89. The molecule has 1 fully saturated rings. The van der Waals surface area contributed by atoms with Gasteiger partial charge in [0, 0.05) is 18.5 Å². The Morgan fingerprint density at radius 2 is 2.00 bits per heavy atom. The van der Waals surface area contributed by atoms with Crippen LogP contribution in [-0.4, -0.2) is 52.2 Å². The molecule has 0 spiro atoms. The number of aromatic nitrogens is 3. The van der Waals surface area contributed by atoms with Crippen LogP contribution in [0.25, 0.3) is 0 Å². The number of H-pyrrole nitrogens is 1. The first-order chi connectivity index (χ1) is 9.47. The van der Waals surface area contributed by atoms with Crippen LogP contribution in [0.15, 0.2) is 0 Å². The average molecular weight is 279 g/mol. The van der Waals surface area contributed by atoms with Crippen molar-refractivity contribution in [2.24, 2.45) is 0 Å². The van der Waals surface area contributed by atoms with Gasteiger partial charge in [-0.1, -0.05) is 27.2 Å². The number of piperidine rings is 1. The van der Waals surface area contributed by atoms with Gasteiger partial charge in [-0.2, -0.15) is 0 Å². The molecule has 0 aliphatic carbocycles. The first kappa shape index (κ1) is 15.0. The quantitative estimate of drug-likeness (QED) is 0.871. The molecule has 1 aromatic rings. The molecule has 1 amide bonds. The van der Waals surface area contributed by atoms with E-state index in [1.165, 1.54) is 19.3 Å². The first-order valence-corrected chi connectivity index (χ1v) is 7.40. The van der Waals surface area contributed by atoms with Gasteiger partial charge in [-0.3, -0.25) is 9.89 Å². The van der Waals surface area contributed by atoms with Crippen LogP contribution in [0.1, 0.15) is 56.5 Å². The standard InChI is InChI=1S/C14H25N5O/c1-14(2,3)13-16-11(17-18-13)12(20)15-7-10-19-8-5-4-6-9-19/h4-10H2,1-3H3,(H,15,20)(H,16,17,18). The largest absolute Gasteiger partial charge is 0.348 e. The third-order valence-corrected chi connectivity index (χ3v) is 3.56. The van der Waals surface area contributed by atoms with Gasteiger partial charge in [0.05, 0.1) is 0 Å². The molecule has 0 bridgehead atoms. The summed E-state index contributed by atoms with van der Waals surface area (Å²) < 4.78 is 0. The highest BCUT2D eigenvalue weighted by Crippen LogP contribution is 2.17. The molecular formula is C14H25N5O. The molecule has 0 radical (unpaired) electrons. The molecule has 2 N–H and O–H groups in total. The summed E-state index contributed by atoms with van der Waals surface area (Å²) in [4.78, 5) is 18.6. The fourth-order valence-electron chi connectivity index (χ4n) is 2.29. The highest BCUT2D eigenvalue weighted by atomic mass is 16.2. The number of hydrogen-bond donors (Lipinski definition) is 2. The molecule has 1 saturated heterocycles. The summed E-state index contributed by atoms with van der Waals surface area (Å²) in [6.07, 6.45) is 3.86. The van der Waals surface area contributed by atoms with Crippen LogP contribution in [0.3, 0.4) is 0 Å². The maximum Gasteiger partial charge on any atom is 0.291 e. The third-order valence-electron chi connectivity index (χ3n) is 3.56. The molecule has 1 aromatic heterocycles. The minimum atomic E-state index is -0.200. The highest BCUT2D eigenvalue weighted by molar-refractivity contribution is 5.90. The molecule has 6 nitrogen and oxygen atoms in total. The summed E-state index contributed by atoms with van der Waals surface area (Å²) in [6, 6.07) is 0. The van der Waals surface area contributed by atoms with Crippen molar-refractivity contribution in [2.45, 2.75) is 45.4 Å². The molecule has 0 atom stereocenters. The molecule has 6 heteroatoms. The zero-order chi connectivity index (χ0) is 14.6. The lowest BCUT2D eigenvalue weighted by Gasteiger charge is -2.26. The number of rotatable bonds is 4. The number of nitrogens with zero attached hydrogens (tertiary/aromatic N) is 3. The summed E-state index contributed by atoms with van der Waals surface area (Å²) in [7, 11) is 0. The Balaban J connectivity index is 1.78. The number of hydrogen-bond acceptors (Lipinski definition) is 4. The normalized spacial score (nSPS) is 17.1. The fourth-order valence-corrected chi connectivity index (χ4v) is 2.29. The summed E-state index contributed by atoms with van der Waals surface area (Å²) in [6.45, 7) is 9.94. The van der Waals surface area contributed by atoms with Crippen LogP contribution in [0.5, 0.6) is 0 Å². The minimum Gasteiger partial charge on any atom is -0.348 e. The van der Waals surface area contributed by atoms with E-state index in [9.17, 15) is 4.79 Å². The topological polar surface area (TPSA) is 73.9 Å². The molecule has 0 aromatic carbocycles. The monoisotopic (exact) mass is 279 g/mol. The van der Waals surface area contributed by atoms with Crippen LogP contribution in [0.4, 0.5) is 0 Å². The Labute approximate surface area is 120 Å². The summed E-state index contributed by atoms with van der Waals surface area (Å²) in [5.41, 5.74) is -0.126. The van der Waals surface area contributed by atoms with Crippen molar-refractivity contribution in [3.05, 3.63) is 11.6 Å². The smallest absolute Gasteiger partial charge is 0.291 e. The molecule has 0 saturated carbocycles. The number of amides is 1. The fraction of sp³-hybridized carbons (Fsp3) is 0.786. The summed E-state index contributed by atoms with van der Waals surface area (Å²) >= 11 is 0.